The molecule has 1 heteroatoms. The van der Waals surface area contributed by atoms with Crippen LogP contribution in [0.5, 0.6) is 0 Å². The molecular weight excluding hydrogens is 148 g/mol. The van der Waals surface area contributed by atoms with Crippen LogP contribution in [0.25, 0.3) is 0 Å². The van der Waals surface area contributed by atoms with Crippen LogP contribution in [0.1, 0.15) is 26.7 Å². The molecule has 64 valence electrons. The topological polar surface area (TPSA) is 20.2 Å². The number of aliphatic hydroxyl groups is 1. The predicted molar refractivity (Wildman–Crippen MR) is 50.5 cm³/mol. The average Bonchev–Trinajstić information content (AvgIpc) is 2.03. The Labute approximate surface area is 73.8 Å². The molecule has 0 aromatic carbocycles. The molecule has 0 amide bonds. The van der Waals surface area contributed by atoms with Crippen LogP contribution >= 0.6 is 0 Å². The molecule has 1 aliphatic rings. The SMILES string of the molecule is CC1=CC=C(C#CC(C)O)CC1. The van der Waals surface area contributed by atoms with Gasteiger partial charge in [0.1, 0.15) is 6.10 Å². The fourth-order valence-electron chi connectivity index (χ4n) is 1.04. The molecule has 0 aromatic rings. The molecule has 1 unspecified atom stereocenters. The molecule has 0 bridgehead atoms. The summed E-state index contributed by atoms with van der Waals surface area (Å²) < 4.78 is 0. The predicted octanol–water partition coefficient (Wildman–Crippen LogP) is 2.04. The van der Waals surface area contributed by atoms with Crippen LogP contribution in [-0.2, 0) is 0 Å². The average molecular weight is 162 g/mol. The summed E-state index contributed by atoms with van der Waals surface area (Å²) in [5, 5.41) is 8.92. The number of aliphatic hydroxyl groups excluding tert-OH is 1. The number of allylic oxidation sites excluding steroid dienone is 4. The van der Waals surface area contributed by atoms with Crippen molar-refractivity contribution in [2.24, 2.45) is 0 Å². The summed E-state index contributed by atoms with van der Waals surface area (Å²) in [5.74, 6) is 5.70. The van der Waals surface area contributed by atoms with E-state index in [1.165, 1.54) is 5.57 Å². The second-order valence-corrected chi connectivity index (χ2v) is 3.15. The van der Waals surface area contributed by atoms with Crippen LogP contribution in [0, 0.1) is 11.8 Å². The van der Waals surface area contributed by atoms with Crippen LogP contribution < -0.4 is 0 Å². The van der Waals surface area contributed by atoms with Crippen LogP contribution in [-0.4, -0.2) is 11.2 Å². The lowest BCUT2D eigenvalue weighted by Crippen LogP contribution is -1.94. The molecule has 0 saturated carbocycles. The minimum absolute atomic E-state index is 0.516. The fraction of sp³-hybridized carbons (Fsp3) is 0.455. The van der Waals surface area contributed by atoms with E-state index in [0.29, 0.717) is 0 Å². The number of hydrogen-bond donors (Lipinski definition) is 1. The highest BCUT2D eigenvalue weighted by molar-refractivity contribution is 5.36. The Morgan fingerprint density at radius 3 is 2.67 bits per heavy atom. The fourth-order valence-corrected chi connectivity index (χ4v) is 1.04. The maximum absolute atomic E-state index is 8.92. The molecule has 1 atom stereocenters. The van der Waals surface area contributed by atoms with Gasteiger partial charge in [0.05, 0.1) is 0 Å². The second kappa shape index (κ2) is 4.13. The summed E-state index contributed by atoms with van der Waals surface area (Å²) in [6, 6.07) is 0. The van der Waals surface area contributed by atoms with Crippen molar-refractivity contribution < 1.29 is 5.11 Å². The molecule has 1 nitrogen and oxygen atoms in total. The lowest BCUT2D eigenvalue weighted by atomic mass is 10.00. The third-order valence-corrected chi connectivity index (χ3v) is 1.80. The van der Waals surface area contributed by atoms with Gasteiger partial charge in [-0.3, -0.25) is 0 Å². The summed E-state index contributed by atoms with van der Waals surface area (Å²) >= 11 is 0. The Morgan fingerprint density at radius 2 is 2.17 bits per heavy atom. The van der Waals surface area contributed by atoms with Crippen molar-refractivity contribution in [3.8, 4) is 11.8 Å². The van der Waals surface area contributed by atoms with Gasteiger partial charge in [0, 0.05) is 5.57 Å². The quantitative estimate of drug-likeness (QED) is 0.540. The Balaban J connectivity index is 2.62. The highest BCUT2D eigenvalue weighted by Gasteiger charge is 1.99. The van der Waals surface area contributed by atoms with Gasteiger partial charge < -0.3 is 5.11 Å². The standard InChI is InChI=1S/C11H14O/c1-9-3-6-11(7-4-9)8-5-10(2)12/h3,6,10,12H,4,7H2,1-2H3. The van der Waals surface area contributed by atoms with Crippen molar-refractivity contribution in [3.05, 3.63) is 23.3 Å². The first-order valence-electron chi connectivity index (χ1n) is 4.24. The maximum Gasteiger partial charge on any atom is 0.112 e. The monoisotopic (exact) mass is 162 g/mol. The van der Waals surface area contributed by atoms with Gasteiger partial charge in [-0.05, 0) is 26.7 Å². The van der Waals surface area contributed by atoms with Crippen LogP contribution in [0.4, 0.5) is 0 Å². The van der Waals surface area contributed by atoms with E-state index in [1.807, 2.05) is 6.08 Å². The lowest BCUT2D eigenvalue weighted by Gasteiger charge is -2.05. The van der Waals surface area contributed by atoms with E-state index in [9.17, 15) is 0 Å². The Morgan fingerprint density at radius 1 is 1.42 bits per heavy atom. The van der Waals surface area contributed by atoms with Crippen molar-refractivity contribution in [3.63, 3.8) is 0 Å². The first-order valence-corrected chi connectivity index (χ1v) is 4.24. The third-order valence-electron chi connectivity index (χ3n) is 1.80. The van der Waals surface area contributed by atoms with Gasteiger partial charge in [-0.2, -0.15) is 0 Å². The van der Waals surface area contributed by atoms with E-state index in [1.54, 1.807) is 6.92 Å². The van der Waals surface area contributed by atoms with Crippen molar-refractivity contribution >= 4 is 0 Å². The van der Waals surface area contributed by atoms with Crippen molar-refractivity contribution in [1.29, 1.82) is 0 Å². The van der Waals surface area contributed by atoms with Crippen LogP contribution in [0.2, 0.25) is 0 Å². The minimum Gasteiger partial charge on any atom is -0.381 e. The molecule has 1 rings (SSSR count). The summed E-state index contributed by atoms with van der Waals surface area (Å²) in [5.41, 5.74) is 2.53. The zero-order valence-corrected chi connectivity index (χ0v) is 7.59. The van der Waals surface area contributed by atoms with E-state index < -0.39 is 6.10 Å². The van der Waals surface area contributed by atoms with E-state index in [2.05, 4.69) is 24.8 Å². The first kappa shape index (κ1) is 9.09. The van der Waals surface area contributed by atoms with Crippen molar-refractivity contribution in [2.45, 2.75) is 32.8 Å². The summed E-state index contributed by atoms with van der Waals surface area (Å²) in [6.45, 7) is 3.80. The van der Waals surface area contributed by atoms with E-state index in [0.717, 1.165) is 18.4 Å². The molecule has 0 saturated heterocycles. The molecule has 0 heterocycles. The van der Waals surface area contributed by atoms with Gasteiger partial charge in [-0.1, -0.05) is 29.6 Å². The van der Waals surface area contributed by atoms with Gasteiger partial charge in [-0.25, -0.2) is 0 Å². The maximum atomic E-state index is 8.92. The van der Waals surface area contributed by atoms with E-state index >= 15 is 0 Å². The first-order chi connectivity index (χ1) is 5.68. The smallest absolute Gasteiger partial charge is 0.112 e. The number of hydrogen-bond acceptors (Lipinski definition) is 1. The Hall–Kier alpha value is -1.00. The van der Waals surface area contributed by atoms with Gasteiger partial charge in [-0.15, -0.1) is 0 Å². The lowest BCUT2D eigenvalue weighted by molar-refractivity contribution is 0.253. The molecule has 0 radical (unpaired) electrons. The largest absolute Gasteiger partial charge is 0.381 e. The normalized spacial score (nSPS) is 18.6. The summed E-state index contributed by atoms with van der Waals surface area (Å²) in [6.07, 6.45) is 5.73. The van der Waals surface area contributed by atoms with E-state index in [-0.39, 0.29) is 0 Å². The molecule has 1 aliphatic carbocycles. The number of rotatable bonds is 0. The molecule has 0 spiro atoms. The Bertz CT molecular complexity index is 271. The van der Waals surface area contributed by atoms with Crippen molar-refractivity contribution in [1.82, 2.24) is 0 Å². The highest BCUT2D eigenvalue weighted by atomic mass is 16.3. The van der Waals surface area contributed by atoms with Crippen LogP contribution in [0.3, 0.4) is 0 Å². The van der Waals surface area contributed by atoms with Crippen LogP contribution in [0.15, 0.2) is 23.3 Å². The van der Waals surface area contributed by atoms with Crippen molar-refractivity contribution in [2.75, 3.05) is 0 Å². The zero-order chi connectivity index (χ0) is 8.97. The van der Waals surface area contributed by atoms with Gasteiger partial charge >= 0.3 is 0 Å². The zero-order valence-electron chi connectivity index (χ0n) is 7.59. The molecule has 0 aliphatic heterocycles. The molecular formula is C11H14O. The molecule has 0 aromatic heterocycles. The van der Waals surface area contributed by atoms with E-state index in [4.69, 9.17) is 5.11 Å². The Kier molecular flexibility index (Phi) is 3.13. The minimum atomic E-state index is -0.516. The van der Waals surface area contributed by atoms with Gasteiger partial charge in [0.25, 0.3) is 0 Å². The molecule has 1 N–H and O–H groups in total. The molecule has 0 fully saturated rings. The highest BCUT2D eigenvalue weighted by Crippen LogP contribution is 2.16. The summed E-state index contributed by atoms with van der Waals surface area (Å²) in [7, 11) is 0. The third kappa shape index (κ3) is 2.94. The molecule has 12 heavy (non-hydrogen) atoms. The summed E-state index contributed by atoms with van der Waals surface area (Å²) in [4.78, 5) is 0. The van der Waals surface area contributed by atoms with Gasteiger partial charge in [0.15, 0.2) is 0 Å². The second-order valence-electron chi connectivity index (χ2n) is 3.15. The van der Waals surface area contributed by atoms with Gasteiger partial charge in [0.2, 0.25) is 0 Å².